The van der Waals surface area contributed by atoms with Gasteiger partial charge in [-0.15, -0.1) is 11.3 Å². The molecule has 7 nitrogen and oxygen atoms in total. The summed E-state index contributed by atoms with van der Waals surface area (Å²) in [7, 11) is 0. The molecule has 0 saturated heterocycles. The molecule has 0 unspecified atom stereocenters. The SMILES string of the molecule is Cc1cnn(CCNC(=O)c2nc(C(=O)O)cs2)c1. The Morgan fingerprint density at radius 3 is 2.89 bits per heavy atom. The van der Waals surface area contributed by atoms with Gasteiger partial charge in [-0.05, 0) is 12.5 Å². The van der Waals surface area contributed by atoms with Gasteiger partial charge in [0.15, 0.2) is 10.7 Å². The van der Waals surface area contributed by atoms with Gasteiger partial charge in [0.1, 0.15) is 0 Å². The average molecular weight is 280 g/mol. The lowest BCUT2D eigenvalue weighted by molar-refractivity contribution is 0.0691. The van der Waals surface area contributed by atoms with Crippen molar-refractivity contribution >= 4 is 23.2 Å². The van der Waals surface area contributed by atoms with Crippen LogP contribution in [0.2, 0.25) is 0 Å². The Balaban J connectivity index is 1.85. The lowest BCUT2D eigenvalue weighted by atomic mass is 10.4. The largest absolute Gasteiger partial charge is 0.476 e. The third-order valence-corrected chi connectivity index (χ3v) is 3.15. The fraction of sp³-hybridized carbons (Fsp3) is 0.273. The van der Waals surface area contributed by atoms with Gasteiger partial charge < -0.3 is 10.4 Å². The van der Waals surface area contributed by atoms with Crippen molar-refractivity contribution in [1.29, 1.82) is 0 Å². The second-order valence-corrected chi connectivity index (χ2v) is 4.74. The third-order valence-electron chi connectivity index (χ3n) is 2.31. The number of carbonyl (C=O) groups is 2. The highest BCUT2D eigenvalue weighted by atomic mass is 32.1. The third kappa shape index (κ3) is 3.38. The Morgan fingerprint density at radius 1 is 1.53 bits per heavy atom. The Kier molecular flexibility index (Phi) is 3.91. The van der Waals surface area contributed by atoms with Crippen LogP contribution in [0.25, 0.3) is 0 Å². The van der Waals surface area contributed by atoms with Crippen molar-refractivity contribution < 1.29 is 14.7 Å². The van der Waals surface area contributed by atoms with Crippen molar-refractivity contribution in [3.63, 3.8) is 0 Å². The van der Waals surface area contributed by atoms with Crippen LogP contribution in [-0.4, -0.2) is 38.3 Å². The van der Waals surface area contributed by atoms with E-state index in [1.807, 2.05) is 13.1 Å². The Labute approximate surface area is 112 Å². The maximum Gasteiger partial charge on any atom is 0.355 e. The molecular weight excluding hydrogens is 268 g/mol. The molecule has 2 aromatic heterocycles. The van der Waals surface area contributed by atoms with Crippen LogP contribution in [0.4, 0.5) is 0 Å². The molecule has 0 aliphatic heterocycles. The van der Waals surface area contributed by atoms with Crippen LogP contribution in [0.1, 0.15) is 25.9 Å². The van der Waals surface area contributed by atoms with Crippen LogP contribution in [0.3, 0.4) is 0 Å². The summed E-state index contributed by atoms with van der Waals surface area (Å²) >= 11 is 1.01. The number of rotatable bonds is 5. The summed E-state index contributed by atoms with van der Waals surface area (Å²) in [6, 6.07) is 0. The number of amides is 1. The van der Waals surface area contributed by atoms with E-state index in [0.29, 0.717) is 13.1 Å². The van der Waals surface area contributed by atoms with Crippen molar-refractivity contribution in [2.75, 3.05) is 6.54 Å². The van der Waals surface area contributed by atoms with Gasteiger partial charge in [-0.3, -0.25) is 9.48 Å². The first-order valence-corrected chi connectivity index (χ1v) is 6.40. The van der Waals surface area contributed by atoms with E-state index in [1.165, 1.54) is 5.38 Å². The van der Waals surface area contributed by atoms with E-state index in [4.69, 9.17) is 5.11 Å². The molecular formula is C11H12N4O3S. The zero-order valence-corrected chi connectivity index (χ0v) is 11.0. The normalized spacial score (nSPS) is 10.4. The molecule has 2 N–H and O–H groups in total. The number of aryl methyl sites for hydroxylation is 1. The maximum atomic E-state index is 11.7. The van der Waals surface area contributed by atoms with E-state index < -0.39 is 5.97 Å². The first-order chi connectivity index (χ1) is 9.06. The number of aromatic carboxylic acids is 1. The summed E-state index contributed by atoms with van der Waals surface area (Å²) < 4.78 is 1.72. The number of nitrogens with zero attached hydrogens (tertiary/aromatic N) is 3. The minimum Gasteiger partial charge on any atom is -0.476 e. The minimum absolute atomic E-state index is 0.113. The van der Waals surface area contributed by atoms with Crippen molar-refractivity contribution in [2.24, 2.45) is 0 Å². The van der Waals surface area contributed by atoms with E-state index in [-0.39, 0.29) is 16.6 Å². The topological polar surface area (TPSA) is 97.1 Å². The predicted octanol–water partition coefficient (Wildman–Crippen LogP) is 0.776. The standard InChI is InChI=1S/C11H12N4O3S/c1-7-4-13-15(5-7)3-2-12-9(16)10-14-8(6-19-10)11(17)18/h4-6H,2-3H2,1H3,(H,12,16)(H,17,18). The predicted molar refractivity (Wildman–Crippen MR) is 68.4 cm³/mol. The van der Waals surface area contributed by atoms with Crippen LogP contribution in [0, 0.1) is 6.92 Å². The molecule has 19 heavy (non-hydrogen) atoms. The van der Waals surface area contributed by atoms with Crippen LogP contribution < -0.4 is 5.32 Å². The van der Waals surface area contributed by atoms with E-state index in [2.05, 4.69) is 15.4 Å². The Bertz CT molecular complexity index is 605. The fourth-order valence-electron chi connectivity index (χ4n) is 1.43. The van der Waals surface area contributed by atoms with E-state index in [0.717, 1.165) is 16.9 Å². The van der Waals surface area contributed by atoms with Crippen LogP contribution >= 0.6 is 11.3 Å². The summed E-state index contributed by atoms with van der Waals surface area (Å²) in [5.41, 5.74) is 0.940. The molecule has 0 aliphatic carbocycles. The van der Waals surface area contributed by atoms with E-state index >= 15 is 0 Å². The van der Waals surface area contributed by atoms with Crippen molar-refractivity contribution in [1.82, 2.24) is 20.1 Å². The molecule has 0 aromatic carbocycles. The highest BCUT2D eigenvalue weighted by Crippen LogP contribution is 2.09. The quantitative estimate of drug-likeness (QED) is 0.843. The molecule has 0 atom stereocenters. The van der Waals surface area contributed by atoms with Gasteiger partial charge in [-0.25, -0.2) is 9.78 Å². The Hall–Kier alpha value is -2.22. The van der Waals surface area contributed by atoms with Crippen molar-refractivity contribution in [2.45, 2.75) is 13.5 Å². The monoisotopic (exact) mass is 280 g/mol. The van der Waals surface area contributed by atoms with E-state index in [9.17, 15) is 9.59 Å². The number of carbonyl (C=O) groups excluding carboxylic acids is 1. The molecule has 100 valence electrons. The number of hydrogen-bond acceptors (Lipinski definition) is 5. The Morgan fingerprint density at radius 2 is 2.32 bits per heavy atom. The summed E-state index contributed by atoms with van der Waals surface area (Å²) in [6.45, 7) is 2.89. The highest BCUT2D eigenvalue weighted by Gasteiger charge is 2.14. The number of aromatic nitrogens is 3. The zero-order chi connectivity index (χ0) is 13.8. The molecule has 0 saturated carbocycles. The second kappa shape index (κ2) is 5.61. The number of carboxylic acids is 1. The van der Waals surface area contributed by atoms with Gasteiger partial charge in [0.05, 0.1) is 12.7 Å². The van der Waals surface area contributed by atoms with Crippen molar-refractivity contribution in [3.05, 3.63) is 34.0 Å². The lowest BCUT2D eigenvalue weighted by Crippen LogP contribution is -2.27. The molecule has 0 fully saturated rings. The number of carboxylic acid groups (broad SMARTS) is 1. The van der Waals surface area contributed by atoms with Gasteiger partial charge >= 0.3 is 5.97 Å². The average Bonchev–Trinajstić information content (AvgIpc) is 2.98. The first-order valence-electron chi connectivity index (χ1n) is 5.52. The van der Waals surface area contributed by atoms with Crippen molar-refractivity contribution in [3.8, 4) is 0 Å². The van der Waals surface area contributed by atoms with Gasteiger partial charge in [0.25, 0.3) is 5.91 Å². The first kappa shape index (κ1) is 13.2. The fourth-order valence-corrected chi connectivity index (χ4v) is 2.13. The summed E-state index contributed by atoms with van der Waals surface area (Å²) in [5, 5.41) is 16.9. The summed E-state index contributed by atoms with van der Waals surface area (Å²) in [6.07, 6.45) is 3.61. The van der Waals surface area contributed by atoms with Crippen LogP contribution in [0.15, 0.2) is 17.8 Å². The smallest absolute Gasteiger partial charge is 0.355 e. The molecule has 2 rings (SSSR count). The van der Waals surface area contributed by atoms with E-state index in [1.54, 1.807) is 10.9 Å². The molecule has 2 heterocycles. The molecule has 0 bridgehead atoms. The molecule has 0 aliphatic rings. The molecule has 2 aromatic rings. The van der Waals surface area contributed by atoms with Crippen LogP contribution in [-0.2, 0) is 6.54 Å². The molecule has 1 amide bonds. The number of hydrogen-bond donors (Lipinski definition) is 2. The van der Waals surface area contributed by atoms with Gasteiger partial charge in [-0.1, -0.05) is 0 Å². The zero-order valence-electron chi connectivity index (χ0n) is 10.2. The van der Waals surface area contributed by atoms with Gasteiger partial charge in [-0.2, -0.15) is 5.10 Å². The molecule has 0 spiro atoms. The second-order valence-electron chi connectivity index (χ2n) is 3.88. The summed E-state index contributed by atoms with van der Waals surface area (Å²) in [4.78, 5) is 26.1. The van der Waals surface area contributed by atoms with Crippen LogP contribution in [0.5, 0.6) is 0 Å². The van der Waals surface area contributed by atoms with Gasteiger partial charge in [0.2, 0.25) is 0 Å². The number of nitrogens with one attached hydrogen (secondary N) is 1. The summed E-state index contributed by atoms with van der Waals surface area (Å²) in [5.74, 6) is -1.51. The molecule has 0 radical (unpaired) electrons. The maximum absolute atomic E-state index is 11.7. The molecule has 8 heteroatoms. The minimum atomic E-state index is -1.14. The number of thiazole rings is 1. The highest BCUT2D eigenvalue weighted by molar-refractivity contribution is 7.11. The van der Waals surface area contributed by atoms with Gasteiger partial charge in [0, 0.05) is 18.1 Å². The lowest BCUT2D eigenvalue weighted by Gasteiger charge is -2.03.